The minimum Gasteiger partial charge on any atom is -0.507 e. The molecule has 16 heavy (non-hydrogen) atoms. The molecule has 82 valence electrons. The minimum absolute atomic E-state index is 0.0264. The van der Waals surface area contributed by atoms with E-state index in [2.05, 4.69) is 5.16 Å². The highest BCUT2D eigenvalue weighted by molar-refractivity contribution is 5.96. The first kappa shape index (κ1) is 10.2. The van der Waals surface area contributed by atoms with E-state index in [1.165, 1.54) is 13.0 Å². The number of hydrogen-bond donors (Lipinski definition) is 2. The fourth-order valence-corrected chi connectivity index (χ4v) is 1.48. The van der Waals surface area contributed by atoms with Crippen LogP contribution in [-0.4, -0.2) is 21.3 Å². The van der Waals surface area contributed by atoms with Crippen LogP contribution in [0.25, 0.3) is 11.3 Å². The van der Waals surface area contributed by atoms with Crippen LogP contribution in [-0.2, 0) is 0 Å². The molecule has 0 saturated heterocycles. The zero-order valence-corrected chi connectivity index (χ0v) is 8.47. The van der Waals surface area contributed by atoms with Crippen molar-refractivity contribution in [1.82, 2.24) is 5.16 Å². The molecule has 0 saturated carbocycles. The molecule has 0 fully saturated rings. The highest BCUT2D eigenvalue weighted by Crippen LogP contribution is 2.31. The number of carbonyl (C=O) groups is 1. The van der Waals surface area contributed by atoms with E-state index in [-0.39, 0.29) is 22.8 Å². The van der Waals surface area contributed by atoms with Crippen LogP contribution in [0.5, 0.6) is 5.75 Å². The lowest BCUT2D eigenvalue weighted by atomic mass is 10.1. The number of rotatable bonds is 2. The van der Waals surface area contributed by atoms with Crippen molar-refractivity contribution < 1.29 is 19.5 Å². The molecular formula is C11H9NO4. The van der Waals surface area contributed by atoms with E-state index < -0.39 is 5.97 Å². The first-order valence-electron chi connectivity index (χ1n) is 4.59. The van der Waals surface area contributed by atoms with Crippen LogP contribution in [0.15, 0.2) is 28.8 Å². The lowest BCUT2D eigenvalue weighted by Crippen LogP contribution is -1.99. The molecule has 0 unspecified atom stereocenters. The van der Waals surface area contributed by atoms with E-state index in [9.17, 15) is 9.90 Å². The number of aromatic carboxylic acids is 1. The van der Waals surface area contributed by atoms with Gasteiger partial charge in [-0.3, -0.25) is 0 Å². The van der Waals surface area contributed by atoms with E-state index in [1.807, 2.05) is 0 Å². The third-order valence-corrected chi connectivity index (χ3v) is 2.24. The van der Waals surface area contributed by atoms with E-state index >= 15 is 0 Å². The smallest absolute Gasteiger partial charge is 0.341 e. The molecule has 0 spiro atoms. The summed E-state index contributed by atoms with van der Waals surface area (Å²) in [6, 6.07) is 6.38. The predicted molar refractivity (Wildman–Crippen MR) is 55.3 cm³/mol. The van der Waals surface area contributed by atoms with Crippen molar-refractivity contribution in [3.63, 3.8) is 0 Å². The Hall–Kier alpha value is -2.30. The molecule has 1 aromatic carbocycles. The molecule has 5 heteroatoms. The summed E-state index contributed by atoms with van der Waals surface area (Å²) >= 11 is 0. The Morgan fingerprint density at radius 2 is 2.06 bits per heavy atom. The number of para-hydroxylation sites is 1. The third kappa shape index (κ3) is 1.52. The molecule has 0 radical (unpaired) electrons. The maximum absolute atomic E-state index is 11.0. The van der Waals surface area contributed by atoms with Gasteiger partial charge in [0, 0.05) is 5.56 Å². The Morgan fingerprint density at radius 1 is 1.38 bits per heavy atom. The quantitative estimate of drug-likeness (QED) is 0.807. The van der Waals surface area contributed by atoms with Gasteiger partial charge in [-0.2, -0.15) is 0 Å². The zero-order valence-electron chi connectivity index (χ0n) is 8.47. The average Bonchev–Trinajstić information content (AvgIpc) is 2.61. The van der Waals surface area contributed by atoms with Crippen LogP contribution >= 0.6 is 0 Å². The van der Waals surface area contributed by atoms with Crippen LogP contribution in [0.3, 0.4) is 0 Å². The number of phenolic OH excluding ortho intramolecular Hbond substituents is 1. The van der Waals surface area contributed by atoms with Gasteiger partial charge in [0.05, 0.1) is 0 Å². The number of nitrogens with zero attached hydrogens (tertiary/aromatic N) is 1. The van der Waals surface area contributed by atoms with Gasteiger partial charge in [-0.25, -0.2) is 4.79 Å². The molecule has 0 aliphatic rings. The number of aromatic hydroxyl groups is 1. The minimum atomic E-state index is -1.13. The molecule has 0 atom stereocenters. The van der Waals surface area contributed by atoms with Gasteiger partial charge in [-0.1, -0.05) is 17.3 Å². The predicted octanol–water partition coefficient (Wildman–Crippen LogP) is 2.05. The Morgan fingerprint density at radius 3 is 2.69 bits per heavy atom. The second kappa shape index (κ2) is 3.69. The van der Waals surface area contributed by atoms with Gasteiger partial charge in [-0.05, 0) is 19.1 Å². The van der Waals surface area contributed by atoms with Crippen molar-refractivity contribution in [2.75, 3.05) is 0 Å². The number of aromatic nitrogens is 1. The molecule has 2 N–H and O–H groups in total. The van der Waals surface area contributed by atoms with Crippen LogP contribution < -0.4 is 0 Å². The monoisotopic (exact) mass is 219 g/mol. The number of carboxylic acid groups (broad SMARTS) is 1. The maximum atomic E-state index is 11.0. The molecule has 1 heterocycles. The Bertz CT molecular complexity index is 545. The summed E-state index contributed by atoms with van der Waals surface area (Å²) in [5.41, 5.74) is 0.460. The Labute approximate surface area is 90.9 Å². The van der Waals surface area contributed by atoms with Gasteiger partial charge >= 0.3 is 5.97 Å². The molecule has 0 aliphatic heterocycles. The van der Waals surface area contributed by atoms with Crippen LogP contribution in [0.1, 0.15) is 16.1 Å². The first-order chi connectivity index (χ1) is 7.61. The van der Waals surface area contributed by atoms with Crippen molar-refractivity contribution in [2.45, 2.75) is 6.92 Å². The fraction of sp³-hybridized carbons (Fsp3) is 0.0909. The van der Waals surface area contributed by atoms with Crippen LogP contribution in [0.4, 0.5) is 0 Å². The van der Waals surface area contributed by atoms with Crippen molar-refractivity contribution in [1.29, 1.82) is 0 Å². The van der Waals surface area contributed by atoms with Crippen molar-refractivity contribution >= 4 is 5.97 Å². The highest BCUT2D eigenvalue weighted by Gasteiger charge is 2.22. The summed E-state index contributed by atoms with van der Waals surface area (Å²) in [7, 11) is 0. The topological polar surface area (TPSA) is 83.6 Å². The van der Waals surface area contributed by atoms with Crippen molar-refractivity contribution in [3.05, 3.63) is 35.6 Å². The van der Waals surface area contributed by atoms with Crippen LogP contribution in [0, 0.1) is 6.92 Å². The van der Waals surface area contributed by atoms with Gasteiger partial charge in [0.15, 0.2) is 0 Å². The van der Waals surface area contributed by atoms with Gasteiger partial charge in [-0.15, -0.1) is 0 Å². The Kier molecular flexibility index (Phi) is 2.36. The highest BCUT2D eigenvalue weighted by atomic mass is 16.5. The number of phenols is 1. The van der Waals surface area contributed by atoms with Gasteiger partial charge in [0.2, 0.25) is 0 Å². The molecule has 1 aromatic heterocycles. The van der Waals surface area contributed by atoms with Crippen molar-refractivity contribution in [2.24, 2.45) is 0 Å². The Balaban J connectivity index is 2.66. The molecule has 0 amide bonds. The van der Waals surface area contributed by atoms with Gasteiger partial charge in [0.1, 0.15) is 22.8 Å². The van der Waals surface area contributed by atoms with Crippen molar-refractivity contribution in [3.8, 4) is 17.0 Å². The first-order valence-corrected chi connectivity index (χ1v) is 4.59. The summed E-state index contributed by atoms with van der Waals surface area (Å²) in [5.74, 6) is -0.943. The summed E-state index contributed by atoms with van der Waals surface area (Å²) in [4.78, 5) is 11.0. The molecule has 2 rings (SSSR count). The summed E-state index contributed by atoms with van der Waals surface area (Å²) in [5, 5.41) is 22.3. The lowest BCUT2D eigenvalue weighted by Gasteiger charge is -2.00. The zero-order chi connectivity index (χ0) is 11.7. The SMILES string of the molecule is Cc1onc(-c2ccccc2O)c1C(=O)O. The number of carboxylic acids is 1. The maximum Gasteiger partial charge on any atom is 0.341 e. The van der Waals surface area contributed by atoms with Gasteiger partial charge in [0.25, 0.3) is 0 Å². The van der Waals surface area contributed by atoms with E-state index in [4.69, 9.17) is 9.63 Å². The second-order valence-corrected chi connectivity index (χ2v) is 3.28. The summed E-state index contributed by atoms with van der Waals surface area (Å²) in [6.45, 7) is 1.51. The van der Waals surface area contributed by atoms with Gasteiger partial charge < -0.3 is 14.7 Å². The summed E-state index contributed by atoms with van der Waals surface area (Å²) < 4.78 is 4.82. The van der Waals surface area contributed by atoms with E-state index in [1.54, 1.807) is 18.2 Å². The molecule has 0 aliphatic carbocycles. The molecule has 2 aromatic rings. The largest absolute Gasteiger partial charge is 0.507 e. The fourth-order valence-electron chi connectivity index (χ4n) is 1.48. The average molecular weight is 219 g/mol. The molecular weight excluding hydrogens is 210 g/mol. The van der Waals surface area contributed by atoms with E-state index in [0.717, 1.165) is 0 Å². The normalized spacial score (nSPS) is 10.3. The molecule has 5 nitrogen and oxygen atoms in total. The molecule has 0 bridgehead atoms. The number of benzene rings is 1. The lowest BCUT2D eigenvalue weighted by molar-refractivity contribution is 0.0696. The number of aryl methyl sites for hydroxylation is 1. The second-order valence-electron chi connectivity index (χ2n) is 3.28. The standard InChI is InChI=1S/C11H9NO4/c1-6-9(11(14)15)10(12-16-6)7-4-2-3-5-8(7)13/h2-5,13H,1H3,(H,14,15). The number of hydrogen-bond acceptors (Lipinski definition) is 4. The third-order valence-electron chi connectivity index (χ3n) is 2.24. The van der Waals surface area contributed by atoms with Crippen LogP contribution in [0.2, 0.25) is 0 Å². The van der Waals surface area contributed by atoms with E-state index in [0.29, 0.717) is 5.56 Å². The summed E-state index contributed by atoms with van der Waals surface area (Å²) in [6.07, 6.45) is 0.